The molecule has 1 aliphatic heterocycles. The molecule has 1 amide bonds. The van der Waals surface area contributed by atoms with Crippen LogP contribution in [0.1, 0.15) is 47.5 Å². The monoisotopic (exact) mass is 249 g/mol. The molecule has 1 heterocycles. The highest BCUT2D eigenvalue weighted by Crippen LogP contribution is 2.42. The molecular weight excluding hydrogens is 226 g/mol. The second kappa shape index (κ2) is 4.10. The number of nitrogens with zero attached hydrogens (tertiary/aromatic N) is 2. The lowest BCUT2D eigenvalue weighted by molar-refractivity contribution is -0.146. The lowest BCUT2D eigenvalue weighted by atomic mass is 9.70. The molecule has 1 saturated heterocycles. The Labute approximate surface area is 109 Å². The third-order valence-corrected chi connectivity index (χ3v) is 3.50. The number of hydrogen-bond acceptors (Lipinski definition) is 3. The number of hydrogen-bond donors (Lipinski definition) is 1. The summed E-state index contributed by atoms with van der Waals surface area (Å²) < 4.78 is 0. The molecule has 1 aliphatic rings. The van der Waals surface area contributed by atoms with Crippen LogP contribution in [0.4, 0.5) is 0 Å². The summed E-state index contributed by atoms with van der Waals surface area (Å²) in [6, 6.07) is 2.20. The van der Waals surface area contributed by atoms with Gasteiger partial charge in [0.1, 0.15) is 5.54 Å². The van der Waals surface area contributed by atoms with Crippen LogP contribution in [0.2, 0.25) is 0 Å². The first-order valence-electron chi connectivity index (χ1n) is 6.15. The van der Waals surface area contributed by atoms with E-state index in [1.807, 2.05) is 32.6 Å². The third kappa shape index (κ3) is 2.41. The van der Waals surface area contributed by atoms with E-state index in [-0.39, 0.29) is 5.91 Å². The minimum Gasteiger partial charge on any atom is -0.329 e. The van der Waals surface area contributed by atoms with Crippen molar-refractivity contribution >= 4 is 5.91 Å². The molecule has 0 atom stereocenters. The number of rotatable bonds is 1. The fraction of sp³-hybridized carbons (Fsp3) is 0.714. The minimum atomic E-state index is -0.876. The molecule has 0 saturated carbocycles. The van der Waals surface area contributed by atoms with Gasteiger partial charge in [0, 0.05) is 29.5 Å². The summed E-state index contributed by atoms with van der Waals surface area (Å²) in [7, 11) is 0. The first-order valence-corrected chi connectivity index (χ1v) is 6.15. The Morgan fingerprint density at radius 3 is 1.94 bits per heavy atom. The quantitative estimate of drug-likeness (QED) is 0.722. The van der Waals surface area contributed by atoms with Gasteiger partial charge in [-0.2, -0.15) is 5.26 Å². The van der Waals surface area contributed by atoms with Crippen molar-refractivity contribution in [3.8, 4) is 6.07 Å². The van der Waals surface area contributed by atoms with Crippen LogP contribution in [0.15, 0.2) is 12.2 Å². The van der Waals surface area contributed by atoms with E-state index in [1.165, 1.54) is 0 Å². The largest absolute Gasteiger partial charge is 0.329 e. The van der Waals surface area contributed by atoms with Crippen LogP contribution in [0.5, 0.6) is 0 Å². The zero-order chi connectivity index (χ0) is 14.4. The van der Waals surface area contributed by atoms with E-state index < -0.39 is 16.6 Å². The van der Waals surface area contributed by atoms with Crippen molar-refractivity contribution in [1.82, 2.24) is 4.90 Å². The van der Waals surface area contributed by atoms with Gasteiger partial charge in [-0.05, 0) is 34.6 Å². The van der Waals surface area contributed by atoms with Crippen LogP contribution in [0, 0.1) is 11.3 Å². The third-order valence-electron chi connectivity index (χ3n) is 3.50. The maximum absolute atomic E-state index is 12.3. The molecule has 1 rings (SSSR count). The smallest absolute Gasteiger partial charge is 0.249 e. The predicted octanol–water partition coefficient (Wildman–Crippen LogP) is 1.96. The molecule has 1 fully saturated rings. The van der Waals surface area contributed by atoms with Crippen LogP contribution in [0.3, 0.4) is 0 Å². The highest BCUT2D eigenvalue weighted by Gasteiger charge is 2.52. The number of amides is 1. The van der Waals surface area contributed by atoms with Gasteiger partial charge in [0.05, 0.1) is 6.07 Å². The van der Waals surface area contributed by atoms with Crippen LogP contribution >= 0.6 is 0 Å². The summed E-state index contributed by atoms with van der Waals surface area (Å²) in [5, 5.41) is 9.25. The average molecular weight is 249 g/mol. The number of likely N-dealkylation sites (tertiary alicyclic amines) is 1. The first kappa shape index (κ1) is 14.7. The molecule has 0 bridgehead atoms. The zero-order valence-corrected chi connectivity index (χ0v) is 12.0. The lowest BCUT2D eigenvalue weighted by Crippen LogP contribution is -2.69. The van der Waals surface area contributed by atoms with Gasteiger partial charge in [-0.3, -0.25) is 4.79 Å². The van der Waals surface area contributed by atoms with Gasteiger partial charge in [0.2, 0.25) is 5.91 Å². The summed E-state index contributed by atoms with van der Waals surface area (Å²) in [6.07, 6.45) is 0.942. The first-order chi connectivity index (χ1) is 7.95. The van der Waals surface area contributed by atoms with Gasteiger partial charge < -0.3 is 10.6 Å². The van der Waals surface area contributed by atoms with Gasteiger partial charge in [-0.1, -0.05) is 6.58 Å². The van der Waals surface area contributed by atoms with Gasteiger partial charge >= 0.3 is 0 Å². The fourth-order valence-corrected chi connectivity index (χ4v) is 3.40. The van der Waals surface area contributed by atoms with Crippen molar-refractivity contribution in [2.45, 2.75) is 64.1 Å². The molecule has 0 unspecified atom stereocenters. The van der Waals surface area contributed by atoms with E-state index in [0.717, 1.165) is 0 Å². The Hall–Kier alpha value is -1.34. The standard InChI is InChI=1S/C14H23N3O/c1-10(2)11(18)17-12(3,4)7-14(16,9-15)8-13(17,5)6/h1,7-8,16H2,2-6H3. The second-order valence-electron chi connectivity index (χ2n) is 6.67. The number of carbonyl (C=O) groups is 1. The van der Waals surface area contributed by atoms with E-state index >= 15 is 0 Å². The molecule has 0 aromatic heterocycles. The van der Waals surface area contributed by atoms with E-state index in [2.05, 4.69) is 12.6 Å². The SMILES string of the molecule is C=C(C)C(=O)N1C(C)(C)CC(N)(C#N)CC1(C)C. The number of nitrogens with two attached hydrogens (primary N) is 1. The molecule has 2 N–H and O–H groups in total. The van der Waals surface area contributed by atoms with Gasteiger partial charge in [0.15, 0.2) is 0 Å². The maximum Gasteiger partial charge on any atom is 0.249 e. The molecule has 0 radical (unpaired) electrons. The number of nitriles is 1. The van der Waals surface area contributed by atoms with Crippen molar-refractivity contribution in [1.29, 1.82) is 5.26 Å². The van der Waals surface area contributed by atoms with Crippen molar-refractivity contribution in [3.05, 3.63) is 12.2 Å². The Bertz CT molecular complexity index is 411. The van der Waals surface area contributed by atoms with Crippen molar-refractivity contribution in [2.75, 3.05) is 0 Å². The summed E-state index contributed by atoms with van der Waals surface area (Å²) >= 11 is 0. The summed E-state index contributed by atoms with van der Waals surface area (Å²) in [6.45, 7) is 13.3. The van der Waals surface area contributed by atoms with Crippen molar-refractivity contribution < 1.29 is 4.79 Å². The average Bonchev–Trinajstić information content (AvgIpc) is 2.12. The van der Waals surface area contributed by atoms with Gasteiger partial charge in [0.25, 0.3) is 0 Å². The highest BCUT2D eigenvalue weighted by molar-refractivity contribution is 5.93. The normalized spacial score (nSPS) is 24.2. The van der Waals surface area contributed by atoms with Crippen molar-refractivity contribution in [2.24, 2.45) is 5.73 Å². The maximum atomic E-state index is 12.3. The van der Waals surface area contributed by atoms with Crippen molar-refractivity contribution in [3.63, 3.8) is 0 Å². The second-order valence-corrected chi connectivity index (χ2v) is 6.67. The predicted molar refractivity (Wildman–Crippen MR) is 71.6 cm³/mol. The molecule has 100 valence electrons. The molecule has 0 aromatic rings. The van der Waals surface area contributed by atoms with E-state index in [9.17, 15) is 10.1 Å². The molecule has 0 spiro atoms. The Balaban J connectivity index is 3.25. The van der Waals surface area contributed by atoms with Crippen LogP contribution < -0.4 is 5.73 Å². The minimum absolute atomic E-state index is 0.0648. The van der Waals surface area contributed by atoms with Gasteiger partial charge in [-0.25, -0.2) is 0 Å². The zero-order valence-electron chi connectivity index (χ0n) is 12.0. The highest BCUT2D eigenvalue weighted by atomic mass is 16.2. The Kier molecular flexibility index (Phi) is 3.35. The summed E-state index contributed by atoms with van der Waals surface area (Å²) in [5.41, 5.74) is 4.85. The molecule has 18 heavy (non-hydrogen) atoms. The fourth-order valence-electron chi connectivity index (χ4n) is 3.40. The molecule has 4 heteroatoms. The van der Waals surface area contributed by atoms with Crippen LogP contribution in [0.25, 0.3) is 0 Å². The number of piperidine rings is 1. The number of carbonyl (C=O) groups excluding carboxylic acids is 1. The van der Waals surface area contributed by atoms with E-state index in [0.29, 0.717) is 18.4 Å². The summed E-state index contributed by atoms with van der Waals surface area (Å²) in [4.78, 5) is 14.2. The van der Waals surface area contributed by atoms with E-state index in [4.69, 9.17) is 5.73 Å². The van der Waals surface area contributed by atoms with Crippen LogP contribution in [-0.4, -0.2) is 27.4 Å². The molecule has 0 aromatic carbocycles. The summed E-state index contributed by atoms with van der Waals surface area (Å²) in [5.74, 6) is -0.0648. The van der Waals surface area contributed by atoms with Crippen LogP contribution in [-0.2, 0) is 4.79 Å². The Morgan fingerprint density at radius 1 is 1.28 bits per heavy atom. The van der Waals surface area contributed by atoms with Gasteiger partial charge in [-0.15, -0.1) is 0 Å². The lowest BCUT2D eigenvalue weighted by Gasteiger charge is -2.56. The molecular formula is C14H23N3O. The molecule has 0 aliphatic carbocycles. The Morgan fingerprint density at radius 2 is 1.67 bits per heavy atom. The van der Waals surface area contributed by atoms with E-state index in [1.54, 1.807) is 6.92 Å². The topological polar surface area (TPSA) is 70.1 Å². The molecule has 4 nitrogen and oxygen atoms in total.